The van der Waals surface area contributed by atoms with Gasteiger partial charge in [0.2, 0.25) is 0 Å². The van der Waals surface area contributed by atoms with Crippen LogP contribution in [-0.4, -0.2) is 4.57 Å². The van der Waals surface area contributed by atoms with Crippen molar-refractivity contribution in [3.8, 4) is 39.1 Å². The van der Waals surface area contributed by atoms with Crippen LogP contribution in [0.15, 0.2) is 127 Å². The maximum atomic E-state index is 2.53. The molecule has 0 bridgehead atoms. The van der Waals surface area contributed by atoms with Gasteiger partial charge in [0.1, 0.15) is 0 Å². The second-order valence-corrected chi connectivity index (χ2v) is 14.3. The van der Waals surface area contributed by atoms with Crippen LogP contribution in [0.5, 0.6) is 0 Å². The summed E-state index contributed by atoms with van der Waals surface area (Å²) in [5.41, 5.74) is 14.7. The molecule has 0 spiro atoms. The van der Waals surface area contributed by atoms with Crippen LogP contribution < -0.4 is 0 Å². The van der Waals surface area contributed by atoms with Crippen LogP contribution in [0.25, 0.3) is 91.8 Å². The van der Waals surface area contributed by atoms with E-state index in [4.69, 9.17) is 0 Å². The van der Waals surface area contributed by atoms with E-state index in [1.807, 2.05) is 11.3 Å². The average molecular weight is 590 g/mol. The minimum absolute atomic E-state index is 0.0558. The molecule has 45 heavy (non-hydrogen) atoms. The number of hydrogen-bond donors (Lipinski definition) is 0. The lowest BCUT2D eigenvalue weighted by Gasteiger charge is -2.22. The molecule has 0 unspecified atom stereocenters. The van der Waals surface area contributed by atoms with Crippen molar-refractivity contribution in [3.63, 3.8) is 0 Å². The van der Waals surface area contributed by atoms with E-state index >= 15 is 0 Å². The lowest BCUT2D eigenvalue weighted by Crippen LogP contribution is -2.15. The molecule has 0 saturated carbocycles. The molecular formula is C43H27NS. The lowest BCUT2D eigenvalue weighted by atomic mass is 9.82. The first-order chi connectivity index (χ1) is 22.1. The monoisotopic (exact) mass is 589 g/mol. The van der Waals surface area contributed by atoms with Crippen LogP contribution in [-0.2, 0) is 5.41 Å². The number of para-hydroxylation sites is 1. The molecule has 0 radical (unpaired) electrons. The topological polar surface area (TPSA) is 4.93 Å². The van der Waals surface area contributed by atoms with Gasteiger partial charge in [-0.05, 0) is 86.3 Å². The Kier molecular flexibility index (Phi) is 4.35. The number of fused-ring (bicyclic) bond motifs is 13. The number of rotatable bonds is 1. The third-order valence-electron chi connectivity index (χ3n) is 10.7. The highest BCUT2D eigenvalue weighted by Gasteiger charge is 2.36. The van der Waals surface area contributed by atoms with Gasteiger partial charge >= 0.3 is 0 Å². The van der Waals surface area contributed by atoms with Crippen molar-refractivity contribution < 1.29 is 0 Å². The molecule has 0 aliphatic heterocycles. The van der Waals surface area contributed by atoms with E-state index < -0.39 is 0 Å². The quantitative estimate of drug-likeness (QED) is 0.179. The number of thiophene rings is 1. The summed E-state index contributed by atoms with van der Waals surface area (Å²) in [5, 5.41) is 8.05. The molecule has 210 valence electrons. The molecule has 2 heteroatoms. The van der Waals surface area contributed by atoms with Gasteiger partial charge in [-0.1, -0.05) is 105 Å². The fourth-order valence-corrected chi connectivity index (χ4v) is 9.88. The maximum Gasteiger partial charge on any atom is 0.0544 e. The van der Waals surface area contributed by atoms with Crippen molar-refractivity contribution in [2.24, 2.45) is 0 Å². The lowest BCUT2D eigenvalue weighted by molar-refractivity contribution is 0.661. The molecule has 2 aliphatic carbocycles. The predicted molar refractivity (Wildman–Crippen MR) is 193 cm³/mol. The number of aromatic nitrogens is 1. The molecule has 1 nitrogen and oxygen atoms in total. The standard InChI is InChI=1S/C43H27NS/c1-43(2)33-15-6-3-10-24(33)31-22-32-25-11-4-7-16-35(25)44(37(32)23-34(31)43)36-20-18-26-27-19-21-39-42(29-12-5-8-17-38(29)45-39)41(27)30-14-9-13-28(36)40(26)30/h3-23H,1-2H3. The molecule has 2 heterocycles. The van der Waals surface area contributed by atoms with Gasteiger partial charge in [-0.2, -0.15) is 0 Å². The minimum Gasteiger partial charge on any atom is -0.309 e. The van der Waals surface area contributed by atoms with Crippen molar-refractivity contribution in [2.45, 2.75) is 19.3 Å². The van der Waals surface area contributed by atoms with Crippen LogP contribution in [0, 0.1) is 0 Å². The second kappa shape index (κ2) is 8.10. The fraction of sp³-hybridized carbons (Fsp3) is 0.0698. The Bertz CT molecular complexity index is 2790. The van der Waals surface area contributed by atoms with Crippen LogP contribution >= 0.6 is 11.3 Å². The Labute approximate surface area is 264 Å². The summed E-state index contributed by atoms with van der Waals surface area (Å²) >= 11 is 1.90. The van der Waals surface area contributed by atoms with Gasteiger partial charge in [0.15, 0.2) is 0 Å². The molecule has 7 aromatic carbocycles. The zero-order valence-electron chi connectivity index (χ0n) is 25.0. The molecule has 9 aromatic rings. The SMILES string of the molecule is CC1(C)c2ccccc2-c2cc3c4ccccc4n(-c4ccc5c6c(cccc46)-c4c-5ccc5sc6ccccc6c45)c3cc21. The zero-order valence-corrected chi connectivity index (χ0v) is 25.8. The normalized spacial score (nSPS) is 14.2. The van der Waals surface area contributed by atoms with Crippen LogP contribution in [0.3, 0.4) is 0 Å². The number of benzene rings is 7. The highest BCUT2D eigenvalue weighted by Crippen LogP contribution is 2.55. The van der Waals surface area contributed by atoms with Crippen molar-refractivity contribution in [1.29, 1.82) is 0 Å². The minimum atomic E-state index is -0.0558. The van der Waals surface area contributed by atoms with E-state index in [0.717, 1.165) is 0 Å². The first-order valence-corrected chi connectivity index (χ1v) is 16.6. The smallest absolute Gasteiger partial charge is 0.0544 e. The van der Waals surface area contributed by atoms with Crippen LogP contribution in [0.4, 0.5) is 0 Å². The Hall–Kier alpha value is -5.18. The van der Waals surface area contributed by atoms with Crippen molar-refractivity contribution in [2.75, 3.05) is 0 Å². The van der Waals surface area contributed by atoms with Gasteiger partial charge < -0.3 is 4.57 Å². The van der Waals surface area contributed by atoms with Crippen molar-refractivity contribution >= 4 is 64.1 Å². The number of hydrogen-bond acceptors (Lipinski definition) is 1. The van der Waals surface area contributed by atoms with Crippen LogP contribution in [0.1, 0.15) is 25.0 Å². The van der Waals surface area contributed by atoms with Crippen LogP contribution in [0.2, 0.25) is 0 Å². The third kappa shape index (κ3) is 2.85. The summed E-state index contributed by atoms with van der Waals surface area (Å²) in [6, 6.07) is 48.1. The average Bonchev–Trinajstić information content (AvgIpc) is 3.77. The van der Waals surface area contributed by atoms with Gasteiger partial charge in [-0.25, -0.2) is 0 Å². The van der Waals surface area contributed by atoms with Crippen molar-refractivity contribution in [3.05, 3.63) is 139 Å². The number of nitrogens with zero attached hydrogens (tertiary/aromatic N) is 1. The summed E-state index contributed by atoms with van der Waals surface area (Å²) in [7, 11) is 0. The first-order valence-electron chi connectivity index (χ1n) is 15.8. The van der Waals surface area contributed by atoms with E-state index in [1.165, 1.54) is 103 Å². The summed E-state index contributed by atoms with van der Waals surface area (Å²) in [4.78, 5) is 0. The first kappa shape index (κ1) is 24.2. The van der Waals surface area contributed by atoms with E-state index in [2.05, 4.69) is 146 Å². The maximum absolute atomic E-state index is 2.53. The summed E-state index contributed by atoms with van der Waals surface area (Å²) in [5.74, 6) is 0. The molecule has 2 aromatic heterocycles. The molecule has 0 amide bonds. The summed E-state index contributed by atoms with van der Waals surface area (Å²) in [6.45, 7) is 4.75. The van der Waals surface area contributed by atoms with Gasteiger partial charge in [-0.15, -0.1) is 11.3 Å². The van der Waals surface area contributed by atoms with Gasteiger partial charge in [0, 0.05) is 41.7 Å². The highest BCUT2D eigenvalue weighted by atomic mass is 32.1. The van der Waals surface area contributed by atoms with Gasteiger partial charge in [0.05, 0.1) is 16.7 Å². The predicted octanol–water partition coefficient (Wildman–Crippen LogP) is 12.3. The molecule has 0 atom stereocenters. The molecule has 0 saturated heterocycles. The largest absolute Gasteiger partial charge is 0.309 e. The Morgan fingerprint density at radius 1 is 0.467 bits per heavy atom. The zero-order chi connectivity index (χ0) is 29.6. The Morgan fingerprint density at radius 3 is 2.16 bits per heavy atom. The molecule has 11 rings (SSSR count). The van der Waals surface area contributed by atoms with Gasteiger partial charge in [-0.3, -0.25) is 0 Å². The van der Waals surface area contributed by atoms with E-state index in [9.17, 15) is 0 Å². The van der Waals surface area contributed by atoms with E-state index in [-0.39, 0.29) is 5.41 Å². The second-order valence-electron chi connectivity index (χ2n) is 13.3. The molecule has 0 N–H and O–H groups in total. The highest BCUT2D eigenvalue weighted by molar-refractivity contribution is 7.26. The Balaban J connectivity index is 1.24. The third-order valence-corrected chi connectivity index (χ3v) is 11.9. The molecule has 2 aliphatic rings. The fourth-order valence-electron chi connectivity index (χ4n) is 8.76. The Morgan fingerprint density at radius 2 is 1.22 bits per heavy atom. The van der Waals surface area contributed by atoms with Gasteiger partial charge in [0.25, 0.3) is 0 Å². The summed E-state index contributed by atoms with van der Waals surface area (Å²) in [6.07, 6.45) is 0. The molecular weight excluding hydrogens is 563 g/mol. The van der Waals surface area contributed by atoms with E-state index in [0.29, 0.717) is 0 Å². The van der Waals surface area contributed by atoms with E-state index in [1.54, 1.807) is 0 Å². The molecule has 0 fully saturated rings. The summed E-state index contributed by atoms with van der Waals surface area (Å²) < 4.78 is 5.25. The van der Waals surface area contributed by atoms with Crippen molar-refractivity contribution in [1.82, 2.24) is 4.57 Å².